The minimum absolute atomic E-state index is 0.109. The number of rotatable bonds is 3. The first-order chi connectivity index (χ1) is 15.6. The number of hydrogen-bond acceptors (Lipinski definition) is 5. The molecule has 32 heavy (non-hydrogen) atoms. The highest BCUT2D eigenvalue weighted by Gasteiger charge is 2.34. The Morgan fingerprint density at radius 2 is 1.84 bits per heavy atom. The number of benzene rings is 1. The second-order valence-corrected chi connectivity index (χ2v) is 9.93. The van der Waals surface area contributed by atoms with Gasteiger partial charge >= 0.3 is 0 Å². The Kier molecular flexibility index (Phi) is 6.04. The van der Waals surface area contributed by atoms with Gasteiger partial charge in [0.25, 0.3) is 0 Å². The van der Waals surface area contributed by atoms with Crippen molar-refractivity contribution in [3.05, 3.63) is 88.5 Å². The van der Waals surface area contributed by atoms with Gasteiger partial charge in [0.2, 0.25) is 5.91 Å². The van der Waals surface area contributed by atoms with Gasteiger partial charge in [-0.2, -0.15) is 0 Å². The number of carbonyl (C=O) groups is 1. The van der Waals surface area contributed by atoms with Crippen LogP contribution in [-0.4, -0.2) is 56.1 Å². The van der Waals surface area contributed by atoms with Crippen molar-refractivity contribution < 1.29 is 9.00 Å². The maximum atomic E-state index is 13.1. The molecule has 5 rings (SSSR count). The molecule has 2 unspecified atom stereocenters. The van der Waals surface area contributed by atoms with Gasteiger partial charge in [-0.3, -0.25) is 23.9 Å². The van der Waals surface area contributed by atoms with Crippen molar-refractivity contribution >= 4 is 28.3 Å². The van der Waals surface area contributed by atoms with Crippen LogP contribution in [0.25, 0.3) is 0 Å². The molecule has 6 nitrogen and oxygen atoms in total. The maximum absolute atomic E-state index is 13.1. The van der Waals surface area contributed by atoms with Crippen LogP contribution in [0.15, 0.2) is 66.0 Å². The Labute approximate surface area is 194 Å². The molecule has 1 aromatic carbocycles. The minimum Gasteiger partial charge on any atom is -0.340 e. The van der Waals surface area contributed by atoms with Crippen molar-refractivity contribution in [2.45, 2.75) is 23.1 Å². The van der Waals surface area contributed by atoms with E-state index in [4.69, 9.17) is 16.6 Å². The largest absolute Gasteiger partial charge is 0.340 e. The van der Waals surface area contributed by atoms with E-state index < -0.39 is 10.8 Å². The van der Waals surface area contributed by atoms with E-state index >= 15 is 0 Å². The highest BCUT2D eigenvalue weighted by atomic mass is 35.5. The molecule has 2 aromatic heterocycles. The predicted octanol–water partition coefficient (Wildman–Crippen LogP) is 3.23. The summed E-state index contributed by atoms with van der Waals surface area (Å²) in [4.78, 5) is 26.6. The SMILES string of the molecule is O=C(Cc1ccncc1)N1CCN(C2c3ccc(Cl)cc3S(=O)Cc3cccnc32)CC1. The van der Waals surface area contributed by atoms with E-state index in [1.807, 2.05) is 47.4 Å². The summed E-state index contributed by atoms with van der Waals surface area (Å²) in [6.07, 6.45) is 5.61. The highest BCUT2D eigenvalue weighted by molar-refractivity contribution is 7.84. The summed E-state index contributed by atoms with van der Waals surface area (Å²) in [5.41, 5.74) is 3.90. The first-order valence-corrected chi connectivity index (χ1v) is 12.3. The average molecular weight is 467 g/mol. The zero-order valence-electron chi connectivity index (χ0n) is 17.5. The first kappa shape index (κ1) is 21.2. The van der Waals surface area contributed by atoms with E-state index in [9.17, 15) is 9.00 Å². The molecule has 1 fully saturated rings. The van der Waals surface area contributed by atoms with Crippen molar-refractivity contribution in [3.8, 4) is 0 Å². The number of aromatic nitrogens is 2. The Morgan fingerprint density at radius 1 is 1.06 bits per heavy atom. The fourth-order valence-electron chi connectivity index (χ4n) is 4.50. The van der Waals surface area contributed by atoms with Crippen LogP contribution in [0.5, 0.6) is 0 Å². The zero-order valence-corrected chi connectivity index (χ0v) is 19.1. The molecule has 0 saturated carbocycles. The molecule has 2 atom stereocenters. The molecule has 164 valence electrons. The van der Waals surface area contributed by atoms with Crippen molar-refractivity contribution in [1.29, 1.82) is 0 Å². The van der Waals surface area contributed by atoms with Gasteiger partial charge in [-0.15, -0.1) is 0 Å². The Balaban J connectivity index is 1.40. The fraction of sp³-hybridized carbons (Fsp3) is 0.292. The van der Waals surface area contributed by atoms with Crippen LogP contribution in [0.2, 0.25) is 5.02 Å². The van der Waals surface area contributed by atoms with Crippen LogP contribution < -0.4 is 0 Å². The third-order valence-electron chi connectivity index (χ3n) is 6.12. The van der Waals surface area contributed by atoms with E-state index in [1.54, 1.807) is 18.6 Å². The van der Waals surface area contributed by atoms with Gasteiger partial charge in [-0.25, -0.2) is 0 Å². The lowest BCUT2D eigenvalue weighted by atomic mass is 9.97. The highest BCUT2D eigenvalue weighted by Crippen LogP contribution is 2.38. The number of halogens is 1. The standard InChI is InChI=1S/C24H23ClN4O2S/c25-19-3-4-20-21(15-19)32(31)16-18-2-1-7-27-23(18)24(20)29-12-10-28(11-13-29)22(30)14-17-5-8-26-9-6-17/h1-9,15,24H,10-14,16H2. The normalized spacial score (nSPS) is 20.8. The van der Waals surface area contributed by atoms with Crippen molar-refractivity contribution in [1.82, 2.24) is 19.8 Å². The molecule has 1 saturated heterocycles. The molecular weight excluding hydrogens is 444 g/mol. The van der Waals surface area contributed by atoms with Gasteiger partial charge in [0, 0.05) is 54.7 Å². The number of carbonyl (C=O) groups excluding carboxylic acids is 1. The molecule has 4 heterocycles. The number of pyridine rings is 2. The number of hydrogen-bond donors (Lipinski definition) is 0. The van der Waals surface area contributed by atoms with Gasteiger partial charge in [-0.1, -0.05) is 23.7 Å². The summed E-state index contributed by atoms with van der Waals surface area (Å²) in [6, 6.07) is 13.2. The van der Waals surface area contributed by atoms with E-state index in [0.717, 1.165) is 40.4 Å². The molecule has 0 N–H and O–H groups in total. The molecule has 8 heteroatoms. The molecule has 2 aliphatic heterocycles. The first-order valence-electron chi connectivity index (χ1n) is 10.6. The molecule has 3 aromatic rings. The number of nitrogens with zero attached hydrogens (tertiary/aromatic N) is 4. The fourth-order valence-corrected chi connectivity index (χ4v) is 6.12. The van der Waals surface area contributed by atoms with Gasteiger partial charge in [0.05, 0.1) is 34.7 Å². The van der Waals surface area contributed by atoms with Crippen molar-refractivity contribution in [3.63, 3.8) is 0 Å². The third-order valence-corrected chi connectivity index (χ3v) is 7.78. The summed E-state index contributed by atoms with van der Waals surface area (Å²) in [7, 11) is -1.19. The third kappa shape index (κ3) is 4.20. The smallest absolute Gasteiger partial charge is 0.227 e. The van der Waals surface area contributed by atoms with Crippen LogP contribution in [0.3, 0.4) is 0 Å². The lowest BCUT2D eigenvalue weighted by molar-refractivity contribution is -0.132. The monoisotopic (exact) mass is 466 g/mol. The summed E-state index contributed by atoms with van der Waals surface area (Å²) < 4.78 is 13.1. The van der Waals surface area contributed by atoms with E-state index in [0.29, 0.717) is 30.3 Å². The van der Waals surface area contributed by atoms with Crippen molar-refractivity contribution in [2.75, 3.05) is 26.2 Å². The average Bonchev–Trinajstić information content (AvgIpc) is 2.93. The quantitative estimate of drug-likeness (QED) is 0.593. The second-order valence-electron chi connectivity index (χ2n) is 8.07. The molecule has 2 aliphatic rings. The minimum atomic E-state index is -1.19. The molecule has 0 spiro atoms. The Bertz CT molecular complexity index is 1170. The number of piperazine rings is 1. The summed E-state index contributed by atoms with van der Waals surface area (Å²) >= 11 is 6.25. The van der Waals surface area contributed by atoms with Crippen LogP contribution in [-0.2, 0) is 27.8 Å². The second kappa shape index (κ2) is 9.10. The van der Waals surface area contributed by atoms with Crippen molar-refractivity contribution in [2.24, 2.45) is 0 Å². The van der Waals surface area contributed by atoms with E-state index in [2.05, 4.69) is 9.88 Å². The summed E-state index contributed by atoms with van der Waals surface area (Å²) in [6.45, 7) is 2.73. The maximum Gasteiger partial charge on any atom is 0.227 e. The van der Waals surface area contributed by atoms with Gasteiger partial charge < -0.3 is 4.90 Å². The number of fused-ring (bicyclic) bond motifs is 2. The lowest BCUT2D eigenvalue weighted by Crippen LogP contribution is -2.50. The van der Waals surface area contributed by atoms with Crippen LogP contribution in [0, 0.1) is 0 Å². The van der Waals surface area contributed by atoms with Gasteiger partial charge in [-0.05, 0) is 47.0 Å². The predicted molar refractivity (Wildman–Crippen MR) is 124 cm³/mol. The van der Waals surface area contributed by atoms with Crippen LogP contribution >= 0.6 is 11.6 Å². The zero-order chi connectivity index (χ0) is 22.1. The lowest BCUT2D eigenvalue weighted by Gasteiger charge is -2.39. The molecule has 0 bridgehead atoms. The Hall–Kier alpha value is -2.61. The van der Waals surface area contributed by atoms with E-state index in [1.165, 1.54) is 0 Å². The van der Waals surface area contributed by atoms with Gasteiger partial charge in [0.1, 0.15) is 0 Å². The van der Waals surface area contributed by atoms with E-state index in [-0.39, 0.29) is 11.9 Å². The van der Waals surface area contributed by atoms with Gasteiger partial charge in [0.15, 0.2) is 0 Å². The number of amides is 1. The summed E-state index contributed by atoms with van der Waals surface area (Å²) in [5, 5.41) is 0.585. The summed E-state index contributed by atoms with van der Waals surface area (Å²) in [5.74, 6) is 0.556. The molecule has 0 aliphatic carbocycles. The van der Waals surface area contributed by atoms with Crippen LogP contribution in [0.4, 0.5) is 0 Å². The topological polar surface area (TPSA) is 66.4 Å². The molecular formula is C24H23ClN4O2S. The van der Waals surface area contributed by atoms with Crippen LogP contribution in [0.1, 0.15) is 28.4 Å². The Morgan fingerprint density at radius 3 is 2.62 bits per heavy atom. The molecule has 0 radical (unpaired) electrons. The molecule has 1 amide bonds.